The first-order valence-electron chi connectivity index (χ1n) is 13.9. The van der Waals surface area contributed by atoms with Gasteiger partial charge in [-0.2, -0.15) is 0 Å². The molecule has 1 amide bonds. The van der Waals surface area contributed by atoms with Crippen LogP contribution >= 0.6 is 0 Å². The summed E-state index contributed by atoms with van der Waals surface area (Å²) in [6.07, 6.45) is 5.52. The van der Waals surface area contributed by atoms with Crippen molar-refractivity contribution in [3.05, 3.63) is 83.4 Å². The third-order valence-electron chi connectivity index (χ3n) is 7.47. The van der Waals surface area contributed by atoms with Crippen LogP contribution in [0.2, 0.25) is 0 Å². The topological polar surface area (TPSA) is 63.7 Å². The number of carbonyl (C=O) groups is 1. The molecule has 1 fully saturated rings. The van der Waals surface area contributed by atoms with E-state index in [-0.39, 0.29) is 18.3 Å². The zero-order valence-corrected chi connectivity index (χ0v) is 23.0. The highest BCUT2D eigenvalue weighted by molar-refractivity contribution is 5.81. The van der Waals surface area contributed by atoms with Crippen LogP contribution in [0.3, 0.4) is 0 Å². The number of rotatable bonds is 12. The maximum Gasteiger partial charge on any atom is 0.242 e. The number of fused-ring (bicyclic) bond motifs is 1. The van der Waals surface area contributed by atoms with E-state index in [0.29, 0.717) is 13.1 Å². The van der Waals surface area contributed by atoms with Crippen molar-refractivity contribution < 1.29 is 9.18 Å². The summed E-state index contributed by atoms with van der Waals surface area (Å²) in [4.78, 5) is 24.5. The number of benzene rings is 2. The first kappa shape index (κ1) is 27.1. The molecule has 8 heteroatoms. The fraction of sp³-hybridized carbons (Fsp3) is 0.419. The molecular formula is C31H39FN6O. The molecule has 0 bridgehead atoms. The van der Waals surface area contributed by atoms with Crippen molar-refractivity contribution in [2.24, 2.45) is 5.92 Å². The lowest BCUT2D eigenvalue weighted by Gasteiger charge is -2.30. The van der Waals surface area contributed by atoms with E-state index in [0.717, 1.165) is 54.7 Å². The van der Waals surface area contributed by atoms with Crippen molar-refractivity contribution >= 4 is 23.0 Å². The minimum atomic E-state index is -0.270. The number of nitrogens with one attached hydrogen (secondary N) is 2. The molecule has 206 valence electrons. The molecule has 0 atom stereocenters. The van der Waals surface area contributed by atoms with Gasteiger partial charge in [0.15, 0.2) is 0 Å². The fourth-order valence-corrected chi connectivity index (χ4v) is 5.04. The molecule has 3 aromatic rings. The molecule has 0 saturated heterocycles. The summed E-state index contributed by atoms with van der Waals surface area (Å²) in [7, 11) is 4.02. The molecule has 0 radical (unpaired) electrons. The van der Waals surface area contributed by atoms with Crippen LogP contribution in [0.25, 0.3) is 0 Å². The average Bonchev–Trinajstić information content (AvgIpc) is 3.75. The van der Waals surface area contributed by atoms with Crippen LogP contribution in [0.5, 0.6) is 0 Å². The van der Waals surface area contributed by atoms with Crippen molar-refractivity contribution in [3.63, 3.8) is 0 Å². The summed E-state index contributed by atoms with van der Waals surface area (Å²) >= 11 is 0. The van der Waals surface area contributed by atoms with E-state index in [1.165, 1.54) is 42.6 Å². The molecule has 0 unspecified atom stereocenters. The Bertz CT molecular complexity index is 1240. The monoisotopic (exact) mass is 530 g/mol. The predicted octanol–water partition coefficient (Wildman–Crippen LogP) is 4.73. The highest BCUT2D eigenvalue weighted by Gasteiger charge is 2.27. The number of anilines is 3. The third kappa shape index (κ3) is 7.77. The summed E-state index contributed by atoms with van der Waals surface area (Å²) in [6.45, 7) is 5.38. The number of pyridine rings is 1. The number of likely N-dealkylation sites (N-methyl/N-ethyl adjacent to an activating group) is 1. The van der Waals surface area contributed by atoms with Crippen molar-refractivity contribution in [2.45, 2.75) is 32.4 Å². The minimum Gasteiger partial charge on any atom is -0.376 e. The van der Waals surface area contributed by atoms with Gasteiger partial charge in [0.2, 0.25) is 5.91 Å². The van der Waals surface area contributed by atoms with Gasteiger partial charge in [-0.15, -0.1) is 0 Å². The zero-order chi connectivity index (χ0) is 27.2. The average molecular weight is 531 g/mol. The molecule has 0 spiro atoms. The Kier molecular flexibility index (Phi) is 8.74. The van der Waals surface area contributed by atoms with E-state index in [1.807, 2.05) is 31.1 Å². The molecule has 2 heterocycles. The number of amides is 1. The maximum atomic E-state index is 13.4. The second-order valence-corrected chi connectivity index (χ2v) is 11.0. The van der Waals surface area contributed by atoms with Gasteiger partial charge in [0.05, 0.1) is 30.7 Å². The van der Waals surface area contributed by atoms with Gasteiger partial charge in [0.1, 0.15) is 5.82 Å². The summed E-state index contributed by atoms with van der Waals surface area (Å²) in [5.41, 5.74) is 6.22. The number of hydrogen-bond donors (Lipinski definition) is 2. The van der Waals surface area contributed by atoms with Crippen LogP contribution in [0.4, 0.5) is 21.5 Å². The van der Waals surface area contributed by atoms with Crippen molar-refractivity contribution in [3.8, 4) is 0 Å². The molecule has 7 nitrogen and oxygen atoms in total. The number of aromatic nitrogens is 1. The summed E-state index contributed by atoms with van der Waals surface area (Å²) < 4.78 is 13.2. The van der Waals surface area contributed by atoms with Gasteiger partial charge >= 0.3 is 0 Å². The molecule has 1 aromatic heterocycles. The lowest BCUT2D eigenvalue weighted by Crippen LogP contribution is -2.39. The van der Waals surface area contributed by atoms with Gasteiger partial charge in [-0.3, -0.25) is 14.7 Å². The molecule has 2 aromatic carbocycles. The Morgan fingerprint density at radius 3 is 2.56 bits per heavy atom. The van der Waals surface area contributed by atoms with E-state index in [4.69, 9.17) is 0 Å². The largest absolute Gasteiger partial charge is 0.376 e. The summed E-state index contributed by atoms with van der Waals surface area (Å²) in [5, 5.41) is 6.68. The fourth-order valence-electron chi connectivity index (χ4n) is 5.04. The molecule has 1 aliphatic carbocycles. The molecule has 2 aliphatic rings. The number of nitrogens with zero attached hydrogens (tertiary/aromatic N) is 4. The molecule has 1 aliphatic heterocycles. The van der Waals surface area contributed by atoms with Crippen molar-refractivity contribution in [1.82, 2.24) is 19.7 Å². The molecule has 1 saturated carbocycles. The van der Waals surface area contributed by atoms with Crippen LogP contribution < -0.4 is 10.6 Å². The van der Waals surface area contributed by atoms with Gasteiger partial charge < -0.3 is 20.4 Å². The second kappa shape index (κ2) is 12.6. The number of halogens is 1. The van der Waals surface area contributed by atoms with Gasteiger partial charge in [-0.25, -0.2) is 4.39 Å². The summed E-state index contributed by atoms with van der Waals surface area (Å²) in [5.74, 6) is 0.681. The molecule has 2 N–H and O–H groups in total. The Hall–Kier alpha value is -3.49. The van der Waals surface area contributed by atoms with Gasteiger partial charge in [0, 0.05) is 44.1 Å². The molecule has 5 rings (SSSR count). The maximum absolute atomic E-state index is 13.4. The first-order valence-corrected chi connectivity index (χ1v) is 13.9. The Labute approximate surface area is 231 Å². The smallest absolute Gasteiger partial charge is 0.242 e. The van der Waals surface area contributed by atoms with Crippen LogP contribution in [0, 0.1) is 11.7 Å². The van der Waals surface area contributed by atoms with Crippen LogP contribution in [0.15, 0.2) is 60.8 Å². The van der Waals surface area contributed by atoms with E-state index < -0.39 is 0 Å². The minimum absolute atomic E-state index is 0.0518. The Morgan fingerprint density at radius 2 is 1.85 bits per heavy atom. The zero-order valence-electron chi connectivity index (χ0n) is 23.0. The Balaban J connectivity index is 1.19. The number of carbonyl (C=O) groups excluding carboxylic acids is 1. The van der Waals surface area contributed by atoms with E-state index >= 15 is 0 Å². The standard InChI is InChI=1S/C31H39FN6O/c1-36(2)16-17-38(22-28-13-12-27(18-33-28)35-26-10-8-25(32)9-11-26)31(39)19-34-30-5-3-4-24-21-37(15-14-29(24)30)20-23-6-7-23/h3-5,8-13,18,23,34-35H,6-7,14-17,19-22H2,1-2H3. The van der Waals surface area contributed by atoms with Gasteiger partial charge in [-0.05, 0) is 92.9 Å². The Morgan fingerprint density at radius 1 is 1.05 bits per heavy atom. The molecule has 39 heavy (non-hydrogen) atoms. The quantitative estimate of drug-likeness (QED) is 0.353. The molecular weight excluding hydrogens is 491 g/mol. The van der Waals surface area contributed by atoms with Crippen LogP contribution in [0.1, 0.15) is 29.7 Å². The number of hydrogen-bond acceptors (Lipinski definition) is 6. The van der Waals surface area contributed by atoms with Gasteiger partial charge in [-0.1, -0.05) is 12.1 Å². The normalized spacial score (nSPS) is 15.2. The van der Waals surface area contributed by atoms with E-state index in [1.54, 1.807) is 18.3 Å². The lowest BCUT2D eigenvalue weighted by atomic mass is 9.97. The SMILES string of the molecule is CN(C)CCN(Cc1ccc(Nc2ccc(F)cc2)cn1)C(=O)CNc1cccc2c1CCN(CC1CC1)C2. The summed E-state index contributed by atoms with van der Waals surface area (Å²) in [6, 6.07) is 16.5. The van der Waals surface area contributed by atoms with Crippen LogP contribution in [-0.2, 0) is 24.3 Å². The highest BCUT2D eigenvalue weighted by Crippen LogP contribution is 2.33. The predicted molar refractivity (Wildman–Crippen MR) is 155 cm³/mol. The third-order valence-corrected chi connectivity index (χ3v) is 7.47. The van der Waals surface area contributed by atoms with E-state index in [9.17, 15) is 9.18 Å². The first-order chi connectivity index (χ1) is 18.9. The van der Waals surface area contributed by atoms with Crippen molar-refractivity contribution in [1.29, 1.82) is 0 Å². The van der Waals surface area contributed by atoms with Gasteiger partial charge in [0.25, 0.3) is 0 Å². The second-order valence-electron chi connectivity index (χ2n) is 11.0. The van der Waals surface area contributed by atoms with Crippen molar-refractivity contribution in [2.75, 3.05) is 57.5 Å². The highest BCUT2D eigenvalue weighted by atomic mass is 19.1. The lowest BCUT2D eigenvalue weighted by molar-refractivity contribution is -0.130. The van der Waals surface area contributed by atoms with Crippen LogP contribution in [-0.4, -0.2) is 72.4 Å². The van der Waals surface area contributed by atoms with E-state index in [2.05, 4.69) is 43.6 Å².